The molecule has 0 aliphatic carbocycles. The van der Waals surface area contributed by atoms with Crippen LogP contribution in [0.5, 0.6) is 0 Å². The Morgan fingerprint density at radius 2 is 2.12 bits per heavy atom. The Bertz CT molecular complexity index is 124. The van der Waals surface area contributed by atoms with Crippen LogP contribution in [-0.4, -0.2) is 4.99 Å². The van der Waals surface area contributed by atoms with E-state index in [2.05, 4.69) is 12.2 Å². The molecule has 8 heavy (non-hydrogen) atoms. The Balaban J connectivity index is 3.50. The van der Waals surface area contributed by atoms with Crippen LogP contribution < -0.4 is 5.73 Å². The fourth-order valence-electron chi connectivity index (χ4n) is 0.262. The van der Waals surface area contributed by atoms with Gasteiger partial charge >= 0.3 is 0 Å². The standard InChI is InChI=1S/C6H9NS/c1-2-3-4-5-6(7)8/h2-5H,1H3,(H2,7,8)/b3-2-,5-4-. The lowest BCUT2D eigenvalue weighted by Gasteiger charge is -1.77. The van der Waals surface area contributed by atoms with Crippen molar-refractivity contribution in [1.29, 1.82) is 0 Å². The number of rotatable bonds is 2. The molecule has 0 aromatic rings. The zero-order chi connectivity index (χ0) is 6.41. The third kappa shape index (κ3) is 5.37. The predicted molar refractivity (Wildman–Crippen MR) is 40.7 cm³/mol. The summed E-state index contributed by atoms with van der Waals surface area (Å²) < 4.78 is 0. The Morgan fingerprint density at radius 1 is 1.50 bits per heavy atom. The van der Waals surface area contributed by atoms with E-state index in [1.807, 2.05) is 25.2 Å². The maximum atomic E-state index is 5.14. The average Bonchev–Trinajstić information content (AvgIpc) is 1.66. The molecule has 0 atom stereocenters. The van der Waals surface area contributed by atoms with Crippen LogP contribution in [0, 0.1) is 0 Å². The van der Waals surface area contributed by atoms with Crippen LogP contribution in [0.25, 0.3) is 0 Å². The predicted octanol–water partition coefficient (Wildman–Crippen LogP) is 1.40. The smallest absolute Gasteiger partial charge is 0.0961 e. The number of nitrogens with two attached hydrogens (primary N) is 1. The van der Waals surface area contributed by atoms with Crippen LogP contribution in [0.15, 0.2) is 24.3 Å². The Kier molecular flexibility index (Phi) is 4.17. The molecule has 0 radical (unpaired) electrons. The molecular formula is C6H9NS. The highest BCUT2D eigenvalue weighted by Crippen LogP contribution is 1.75. The van der Waals surface area contributed by atoms with Crippen LogP contribution in [0.3, 0.4) is 0 Å². The molecule has 1 nitrogen and oxygen atoms in total. The second-order valence-corrected chi connectivity index (χ2v) is 1.76. The van der Waals surface area contributed by atoms with Crippen LogP contribution in [0.4, 0.5) is 0 Å². The summed E-state index contributed by atoms with van der Waals surface area (Å²) in [5, 5.41) is 0. The Labute approximate surface area is 54.9 Å². The molecule has 2 heteroatoms. The zero-order valence-electron chi connectivity index (χ0n) is 4.79. The third-order valence-corrected chi connectivity index (χ3v) is 0.700. The van der Waals surface area contributed by atoms with Gasteiger partial charge in [0.15, 0.2) is 0 Å². The van der Waals surface area contributed by atoms with E-state index in [-0.39, 0.29) is 0 Å². The molecule has 0 spiro atoms. The highest BCUT2D eigenvalue weighted by atomic mass is 32.1. The fourth-order valence-corrected chi connectivity index (χ4v) is 0.340. The van der Waals surface area contributed by atoms with Gasteiger partial charge in [-0.05, 0) is 13.0 Å². The lowest BCUT2D eigenvalue weighted by Crippen LogP contribution is -2.01. The van der Waals surface area contributed by atoms with Crippen molar-refractivity contribution in [3.05, 3.63) is 24.3 Å². The van der Waals surface area contributed by atoms with Gasteiger partial charge in [0.2, 0.25) is 0 Å². The number of hydrogen-bond donors (Lipinski definition) is 1. The summed E-state index contributed by atoms with van der Waals surface area (Å²) in [5.74, 6) is 0. The first-order chi connectivity index (χ1) is 3.77. The van der Waals surface area contributed by atoms with Gasteiger partial charge < -0.3 is 5.73 Å². The van der Waals surface area contributed by atoms with Crippen molar-refractivity contribution in [1.82, 2.24) is 0 Å². The minimum absolute atomic E-state index is 0.420. The van der Waals surface area contributed by atoms with E-state index in [0.717, 1.165) is 0 Å². The molecule has 0 aromatic heterocycles. The second-order valence-electron chi connectivity index (χ2n) is 1.29. The normalized spacial score (nSPS) is 11.1. The summed E-state index contributed by atoms with van der Waals surface area (Å²) in [6, 6.07) is 0. The summed E-state index contributed by atoms with van der Waals surface area (Å²) in [4.78, 5) is 0.420. The largest absolute Gasteiger partial charge is 0.390 e. The topological polar surface area (TPSA) is 26.0 Å². The summed E-state index contributed by atoms with van der Waals surface area (Å²) >= 11 is 4.57. The molecule has 0 fully saturated rings. The molecule has 44 valence electrons. The van der Waals surface area contributed by atoms with Gasteiger partial charge in [-0.1, -0.05) is 30.4 Å². The fraction of sp³-hybridized carbons (Fsp3) is 0.167. The van der Waals surface area contributed by atoms with E-state index in [9.17, 15) is 0 Å². The molecule has 0 saturated heterocycles. The van der Waals surface area contributed by atoms with E-state index in [0.29, 0.717) is 4.99 Å². The molecule has 0 amide bonds. The molecule has 0 aliphatic rings. The monoisotopic (exact) mass is 127 g/mol. The summed E-state index contributed by atoms with van der Waals surface area (Å²) in [7, 11) is 0. The van der Waals surface area contributed by atoms with E-state index >= 15 is 0 Å². The maximum absolute atomic E-state index is 5.14. The van der Waals surface area contributed by atoms with Crippen LogP contribution in [-0.2, 0) is 0 Å². The van der Waals surface area contributed by atoms with E-state index in [4.69, 9.17) is 5.73 Å². The molecule has 0 aromatic carbocycles. The van der Waals surface area contributed by atoms with Gasteiger partial charge in [-0.15, -0.1) is 0 Å². The Hall–Kier alpha value is -0.630. The molecular weight excluding hydrogens is 118 g/mol. The van der Waals surface area contributed by atoms with Crippen molar-refractivity contribution in [3.63, 3.8) is 0 Å². The van der Waals surface area contributed by atoms with Gasteiger partial charge in [0.25, 0.3) is 0 Å². The van der Waals surface area contributed by atoms with Crippen molar-refractivity contribution in [2.24, 2.45) is 5.73 Å². The zero-order valence-corrected chi connectivity index (χ0v) is 5.61. The second kappa shape index (κ2) is 4.53. The van der Waals surface area contributed by atoms with Crippen LogP contribution in [0.2, 0.25) is 0 Å². The molecule has 0 rings (SSSR count). The van der Waals surface area contributed by atoms with Crippen LogP contribution in [0.1, 0.15) is 6.92 Å². The summed E-state index contributed by atoms with van der Waals surface area (Å²) in [6.07, 6.45) is 7.27. The number of thiocarbonyl (C=S) groups is 1. The molecule has 0 saturated carbocycles. The summed E-state index contributed by atoms with van der Waals surface area (Å²) in [6.45, 7) is 1.93. The quantitative estimate of drug-likeness (QED) is 0.345. The lowest BCUT2D eigenvalue weighted by molar-refractivity contribution is 1.73. The third-order valence-electron chi connectivity index (χ3n) is 0.564. The molecule has 0 heterocycles. The first-order valence-electron chi connectivity index (χ1n) is 2.36. The maximum Gasteiger partial charge on any atom is 0.0961 e. The first kappa shape index (κ1) is 7.37. The minimum Gasteiger partial charge on any atom is -0.390 e. The average molecular weight is 127 g/mol. The van der Waals surface area contributed by atoms with E-state index in [1.165, 1.54) is 0 Å². The summed E-state index contributed by atoms with van der Waals surface area (Å²) in [5.41, 5.74) is 5.14. The number of hydrogen-bond acceptors (Lipinski definition) is 1. The SMILES string of the molecule is C/C=C\C=C/C(N)=S. The van der Waals surface area contributed by atoms with E-state index in [1.54, 1.807) is 6.08 Å². The van der Waals surface area contributed by atoms with Gasteiger partial charge in [0.05, 0.1) is 4.99 Å². The number of allylic oxidation sites excluding steroid dienone is 3. The van der Waals surface area contributed by atoms with Crippen molar-refractivity contribution < 1.29 is 0 Å². The van der Waals surface area contributed by atoms with Crippen molar-refractivity contribution in [2.75, 3.05) is 0 Å². The minimum atomic E-state index is 0.420. The van der Waals surface area contributed by atoms with Crippen molar-refractivity contribution in [2.45, 2.75) is 6.92 Å². The molecule has 0 unspecified atom stereocenters. The van der Waals surface area contributed by atoms with E-state index < -0.39 is 0 Å². The van der Waals surface area contributed by atoms with Crippen molar-refractivity contribution in [3.8, 4) is 0 Å². The molecule has 0 aliphatic heterocycles. The van der Waals surface area contributed by atoms with Gasteiger partial charge in [-0.25, -0.2) is 0 Å². The first-order valence-corrected chi connectivity index (χ1v) is 2.77. The van der Waals surface area contributed by atoms with Gasteiger partial charge in [0.1, 0.15) is 0 Å². The van der Waals surface area contributed by atoms with Gasteiger partial charge in [0, 0.05) is 0 Å². The molecule has 2 N–H and O–H groups in total. The highest BCUT2D eigenvalue weighted by Gasteiger charge is 1.69. The Morgan fingerprint density at radius 3 is 2.50 bits per heavy atom. The van der Waals surface area contributed by atoms with Gasteiger partial charge in [-0.2, -0.15) is 0 Å². The lowest BCUT2D eigenvalue weighted by atomic mass is 10.4. The van der Waals surface area contributed by atoms with Gasteiger partial charge in [-0.3, -0.25) is 0 Å². The van der Waals surface area contributed by atoms with Crippen LogP contribution >= 0.6 is 12.2 Å². The van der Waals surface area contributed by atoms with Crippen molar-refractivity contribution >= 4 is 17.2 Å². The molecule has 0 bridgehead atoms. The highest BCUT2D eigenvalue weighted by molar-refractivity contribution is 7.80.